The van der Waals surface area contributed by atoms with Gasteiger partial charge in [0.15, 0.2) is 0 Å². The molecule has 1 unspecified atom stereocenters. The van der Waals surface area contributed by atoms with Crippen LogP contribution in [-0.4, -0.2) is 5.11 Å². The van der Waals surface area contributed by atoms with E-state index in [4.69, 9.17) is 0 Å². The summed E-state index contributed by atoms with van der Waals surface area (Å²) in [6, 6.07) is 6.81. The zero-order chi connectivity index (χ0) is 15.7. The Hall–Kier alpha value is -1.54. The average Bonchev–Trinajstić information content (AvgIpc) is 2.47. The topological polar surface area (TPSA) is 44.0 Å². The predicted octanol–water partition coefficient (Wildman–Crippen LogP) is 4.46. The van der Waals surface area contributed by atoms with Gasteiger partial charge in [-0.1, -0.05) is 19.1 Å². The molecule has 2 nitrogen and oxygen atoms in total. The van der Waals surface area contributed by atoms with Gasteiger partial charge in [-0.2, -0.15) is 18.4 Å². The van der Waals surface area contributed by atoms with Crippen LogP contribution in [0.3, 0.4) is 0 Å². The summed E-state index contributed by atoms with van der Waals surface area (Å²) in [4.78, 5) is 0. The van der Waals surface area contributed by atoms with E-state index in [1.165, 1.54) is 12.1 Å². The highest BCUT2D eigenvalue weighted by molar-refractivity contribution is 5.30. The molecule has 1 aliphatic rings. The third kappa shape index (κ3) is 3.21. The Labute approximate surface area is 122 Å². The van der Waals surface area contributed by atoms with Crippen LogP contribution >= 0.6 is 0 Å². The lowest BCUT2D eigenvalue weighted by atomic mass is 9.67. The summed E-state index contributed by atoms with van der Waals surface area (Å²) in [7, 11) is 0. The van der Waals surface area contributed by atoms with Crippen LogP contribution in [0, 0.1) is 22.7 Å². The number of rotatable bonds is 2. The second kappa shape index (κ2) is 5.69. The van der Waals surface area contributed by atoms with Gasteiger partial charge >= 0.3 is 6.18 Å². The van der Waals surface area contributed by atoms with Crippen LogP contribution in [0.4, 0.5) is 13.2 Å². The highest BCUT2D eigenvalue weighted by atomic mass is 19.4. The van der Waals surface area contributed by atoms with Gasteiger partial charge in [0.05, 0.1) is 23.2 Å². The van der Waals surface area contributed by atoms with Crippen molar-refractivity contribution in [1.82, 2.24) is 0 Å². The molecule has 2 rings (SSSR count). The van der Waals surface area contributed by atoms with E-state index in [0.29, 0.717) is 18.8 Å². The molecule has 1 atom stereocenters. The van der Waals surface area contributed by atoms with Gasteiger partial charge < -0.3 is 5.11 Å². The summed E-state index contributed by atoms with van der Waals surface area (Å²) in [5.41, 5.74) is -1.60. The first-order valence-electron chi connectivity index (χ1n) is 7.05. The Morgan fingerprint density at radius 2 is 1.95 bits per heavy atom. The van der Waals surface area contributed by atoms with Gasteiger partial charge in [-0.05, 0) is 49.3 Å². The van der Waals surface area contributed by atoms with Crippen LogP contribution in [-0.2, 0) is 6.18 Å². The first kappa shape index (κ1) is 15.8. The summed E-state index contributed by atoms with van der Waals surface area (Å²) in [6.45, 7) is 2.08. The number of benzene rings is 1. The van der Waals surface area contributed by atoms with E-state index in [2.05, 4.69) is 13.0 Å². The minimum absolute atomic E-state index is 0.168. The van der Waals surface area contributed by atoms with Crippen LogP contribution in [0.15, 0.2) is 24.3 Å². The number of nitrogens with zero attached hydrogens (tertiary/aromatic N) is 1. The third-order valence-electron chi connectivity index (χ3n) is 4.44. The van der Waals surface area contributed by atoms with Gasteiger partial charge in [-0.3, -0.25) is 0 Å². The van der Waals surface area contributed by atoms with Crippen LogP contribution < -0.4 is 0 Å². The number of hydrogen-bond donors (Lipinski definition) is 1. The van der Waals surface area contributed by atoms with Crippen molar-refractivity contribution in [2.24, 2.45) is 11.3 Å². The Bertz CT molecular complexity index is 539. The second-order valence-electron chi connectivity index (χ2n) is 5.98. The first-order chi connectivity index (χ1) is 9.78. The van der Waals surface area contributed by atoms with Gasteiger partial charge in [-0.15, -0.1) is 0 Å². The molecular formula is C16H18F3NO. The summed E-state index contributed by atoms with van der Waals surface area (Å²) in [5.74, 6) is 0.486. The lowest BCUT2D eigenvalue weighted by Crippen LogP contribution is -2.32. The van der Waals surface area contributed by atoms with E-state index >= 15 is 0 Å². The highest BCUT2D eigenvalue weighted by Gasteiger charge is 2.42. The second-order valence-corrected chi connectivity index (χ2v) is 5.98. The van der Waals surface area contributed by atoms with Crippen molar-refractivity contribution in [3.05, 3.63) is 35.4 Å². The van der Waals surface area contributed by atoms with E-state index in [0.717, 1.165) is 25.0 Å². The fraction of sp³-hybridized carbons (Fsp3) is 0.562. The number of halogens is 3. The first-order valence-corrected chi connectivity index (χ1v) is 7.05. The van der Waals surface area contributed by atoms with Crippen LogP contribution in [0.2, 0.25) is 0 Å². The summed E-state index contributed by atoms with van der Waals surface area (Å²) >= 11 is 0. The number of nitriles is 1. The fourth-order valence-electron chi connectivity index (χ4n) is 2.93. The molecule has 1 aromatic carbocycles. The molecule has 114 valence electrons. The molecule has 1 aliphatic carbocycles. The maximum Gasteiger partial charge on any atom is 0.416 e. The maximum absolute atomic E-state index is 12.8. The number of aliphatic hydroxyl groups excluding tert-OH is 1. The van der Waals surface area contributed by atoms with Crippen molar-refractivity contribution in [2.45, 2.75) is 44.9 Å². The Balaban J connectivity index is 2.31. The van der Waals surface area contributed by atoms with E-state index in [-0.39, 0.29) is 5.56 Å². The van der Waals surface area contributed by atoms with Gasteiger partial charge in [0.1, 0.15) is 0 Å². The molecule has 1 saturated carbocycles. The molecule has 0 saturated heterocycles. The normalized spacial score (nSPS) is 27.9. The fourth-order valence-corrected chi connectivity index (χ4v) is 2.93. The molecule has 0 heterocycles. The van der Waals surface area contributed by atoms with Gasteiger partial charge in [0, 0.05) is 0 Å². The van der Waals surface area contributed by atoms with Crippen molar-refractivity contribution in [3.63, 3.8) is 0 Å². The van der Waals surface area contributed by atoms with Crippen molar-refractivity contribution in [3.8, 4) is 6.07 Å². The largest absolute Gasteiger partial charge is 0.416 e. The van der Waals surface area contributed by atoms with E-state index in [1.807, 2.05) is 0 Å². The Kier molecular flexibility index (Phi) is 4.29. The zero-order valence-corrected chi connectivity index (χ0v) is 11.8. The minimum Gasteiger partial charge on any atom is -0.387 e. The smallest absolute Gasteiger partial charge is 0.387 e. The Morgan fingerprint density at radius 3 is 2.48 bits per heavy atom. The van der Waals surface area contributed by atoms with Crippen LogP contribution in [0.5, 0.6) is 0 Å². The maximum atomic E-state index is 12.8. The molecule has 1 N–H and O–H groups in total. The molecule has 21 heavy (non-hydrogen) atoms. The van der Waals surface area contributed by atoms with Crippen LogP contribution in [0.1, 0.15) is 49.8 Å². The highest BCUT2D eigenvalue weighted by Crippen LogP contribution is 2.47. The predicted molar refractivity (Wildman–Crippen MR) is 72.1 cm³/mol. The minimum atomic E-state index is -4.45. The molecular weight excluding hydrogens is 279 g/mol. The van der Waals surface area contributed by atoms with Crippen molar-refractivity contribution >= 4 is 0 Å². The Morgan fingerprint density at radius 1 is 1.33 bits per heavy atom. The van der Waals surface area contributed by atoms with Gasteiger partial charge in [0.25, 0.3) is 0 Å². The lowest BCUT2D eigenvalue weighted by Gasteiger charge is -2.37. The summed E-state index contributed by atoms with van der Waals surface area (Å²) in [5, 5.41) is 19.9. The molecule has 1 aromatic rings. The van der Waals surface area contributed by atoms with Crippen LogP contribution in [0.25, 0.3) is 0 Å². The standard InChI is InChI=1S/C16H18F3NO/c1-11-5-7-15(10-20,8-6-11)14(21)12-3-2-4-13(9-12)16(17,18)19/h2-4,9,11,14,21H,5-8H2,1H3. The summed E-state index contributed by atoms with van der Waals surface area (Å²) < 4.78 is 38.3. The average molecular weight is 297 g/mol. The monoisotopic (exact) mass is 297 g/mol. The van der Waals surface area contributed by atoms with E-state index in [1.54, 1.807) is 0 Å². The number of alkyl halides is 3. The molecule has 0 radical (unpaired) electrons. The lowest BCUT2D eigenvalue weighted by molar-refractivity contribution is -0.137. The molecule has 0 aromatic heterocycles. The molecule has 0 aliphatic heterocycles. The third-order valence-corrected chi connectivity index (χ3v) is 4.44. The molecule has 0 bridgehead atoms. The van der Waals surface area contributed by atoms with E-state index in [9.17, 15) is 23.5 Å². The van der Waals surface area contributed by atoms with Crippen molar-refractivity contribution < 1.29 is 18.3 Å². The number of aliphatic hydroxyl groups is 1. The quantitative estimate of drug-likeness (QED) is 0.876. The molecule has 0 spiro atoms. The molecule has 0 amide bonds. The zero-order valence-electron chi connectivity index (χ0n) is 11.8. The van der Waals surface area contributed by atoms with E-state index < -0.39 is 23.3 Å². The summed E-state index contributed by atoms with van der Waals surface area (Å²) in [6.07, 6.45) is -2.98. The van der Waals surface area contributed by atoms with Gasteiger partial charge in [-0.25, -0.2) is 0 Å². The molecule has 1 fully saturated rings. The van der Waals surface area contributed by atoms with Crippen molar-refractivity contribution in [1.29, 1.82) is 5.26 Å². The SMILES string of the molecule is CC1CCC(C#N)(C(O)c2cccc(C(F)(F)F)c2)CC1. The van der Waals surface area contributed by atoms with Gasteiger partial charge in [0.2, 0.25) is 0 Å². The van der Waals surface area contributed by atoms with Crippen molar-refractivity contribution in [2.75, 3.05) is 0 Å². The molecule has 5 heteroatoms. The number of hydrogen-bond acceptors (Lipinski definition) is 2.